The molecule has 2 atom stereocenters. The smallest absolute Gasteiger partial charge is 0.330 e. The van der Waals surface area contributed by atoms with Crippen molar-refractivity contribution in [1.82, 2.24) is 4.90 Å². The van der Waals surface area contributed by atoms with Gasteiger partial charge in [-0.25, -0.2) is 4.79 Å². The van der Waals surface area contributed by atoms with Gasteiger partial charge in [0.2, 0.25) is 5.91 Å². The second kappa shape index (κ2) is 6.71. The number of hydrogen-bond donors (Lipinski definition) is 1. The standard InChI is InChI=1S/C18H22N2O4S/c1-11-4-5-13(12(2)8-11)19-15(21)9-24-17(23)14-10-25-18(3)7-6-16(22)20(14)18/h4-5,8,14H,6-7,9-10H2,1-3H3,(H,19,21)/t14-,18+/m1/s1. The van der Waals surface area contributed by atoms with E-state index in [9.17, 15) is 14.4 Å². The van der Waals surface area contributed by atoms with E-state index in [0.29, 0.717) is 17.9 Å². The molecule has 0 unspecified atom stereocenters. The molecule has 0 aromatic heterocycles. The van der Waals surface area contributed by atoms with Crippen molar-refractivity contribution in [3.05, 3.63) is 29.3 Å². The summed E-state index contributed by atoms with van der Waals surface area (Å²) in [7, 11) is 0. The first-order valence-corrected chi connectivity index (χ1v) is 9.28. The third kappa shape index (κ3) is 3.51. The monoisotopic (exact) mass is 362 g/mol. The van der Waals surface area contributed by atoms with E-state index < -0.39 is 12.0 Å². The van der Waals surface area contributed by atoms with Crippen LogP contribution in [0.15, 0.2) is 18.2 Å². The number of benzene rings is 1. The van der Waals surface area contributed by atoms with Crippen LogP contribution in [0.3, 0.4) is 0 Å². The number of amides is 2. The maximum absolute atomic E-state index is 12.3. The lowest BCUT2D eigenvalue weighted by atomic mass is 10.1. The first-order valence-electron chi connectivity index (χ1n) is 8.30. The van der Waals surface area contributed by atoms with Crippen molar-refractivity contribution >= 4 is 35.2 Å². The van der Waals surface area contributed by atoms with Crippen molar-refractivity contribution in [2.45, 2.75) is 44.5 Å². The second-order valence-electron chi connectivity index (χ2n) is 6.74. The second-order valence-corrected chi connectivity index (χ2v) is 8.24. The van der Waals surface area contributed by atoms with E-state index in [2.05, 4.69) is 5.32 Å². The lowest BCUT2D eigenvalue weighted by Crippen LogP contribution is -2.47. The summed E-state index contributed by atoms with van der Waals surface area (Å²) in [5.41, 5.74) is 2.76. The Kier molecular flexibility index (Phi) is 4.77. The Morgan fingerprint density at radius 1 is 1.40 bits per heavy atom. The minimum absolute atomic E-state index is 0.0193. The molecule has 0 aliphatic carbocycles. The molecular formula is C18H22N2O4S. The van der Waals surface area contributed by atoms with Crippen LogP contribution in [0.25, 0.3) is 0 Å². The third-order valence-electron chi connectivity index (χ3n) is 4.72. The summed E-state index contributed by atoms with van der Waals surface area (Å²) in [6.07, 6.45) is 1.20. The highest BCUT2D eigenvalue weighted by Gasteiger charge is 2.53. The van der Waals surface area contributed by atoms with Gasteiger partial charge in [-0.3, -0.25) is 9.59 Å². The number of aryl methyl sites for hydroxylation is 2. The van der Waals surface area contributed by atoms with Gasteiger partial charge < -0.3 is 15.0 Å². The molecule has 2 fully saturated rings. The van der Waals surface area contributed by atoms with E-state index in [1.165, 1.54) is 0 Å². The quantitative estimate of drug-likeness (QED) is 0.832. The Labute approximate surface area is 151 Å². The van der Waals surface area contributed by atoms with E-state index in [-0.39, 0.29) is 23.3 Å². The number of ether oxygens (including phenoxy) is 1. The number of esters is 1. The van der Waals surface area contributed by atoms with Crippen LogP contribution in [-0.4, -0.2) is 46.0 Å². The molecule has 0 radical (unpaired) electrons. The topological polar surface area (TPSA) is 75.7 Å². The highest BCUT2D eigenvalue weighted by atomic mass is 32.2. The zero-order valence-electron chi connectivity index (χ0n) is 14.6. The number of fused-ring (bicyclic) bond motifs is 1. The largest absolute Gasteiger partial charge is 0.454 e. The van der Waals surface area contributed by atoms with Crippen LogP contribution in [0.4, 0.5) is 5.69 Å². The Bertz CT molecular complexity index is 736. The van der Waals surface area contributed by atoms with Gasteiger partial charge in [-0.2, -0.15) is 0 Å². The summed E-state index contributed by atoms with van der Waals surface area (Å²) in [6.45, 7) is 5.51. The van der Waals surface area contributed by atoms with Gasteiger partial charge in [0.25, 0.3) is 5.91 Å². The molecular weight excluding hydrogens is 340 g/mol. The summed E-state index contributed by atoms with van der Waals surface area (Å²) in [5, 5.41) is 2.74. The zero-order valence-corrected chi connectivity index (χ0v) is 15.4. The van der Waals surface area contributed by atoms with Gasteiger partial charge in [0.15, 0.2) is 6.61 Å². The number of thioether (sulfide) groups is 1. The number of carbonyl (C=O) groups is 3. The lowest BCUT2D eigenvalue weighted by Gasteiger charge is -2.29. The first kappa shape index (κ1) is 17.8. The molecule has 2 saturated heterocycles. The van der Waals surface area contributed by atoms with Gasteiger partial charge in [-0.1, -0.05) is 17.7 Å². The fraction of sp³-hybridized carbons (Fsp3) is 0.500. The number of hydrogen-bond acceptors (Lipinski definition) is 5. The maximum atomic E-state index is 12.3. The van der Waals surface area contributed by atoms with Crippen LogP contribution in [0.2, 0.25) is 0 Å². The average Bonchev–Trinajstić information content (AvgIpc) is 3.04. The van der Waals surface area contributed by atoms with Gasteiger partial charge in [0.1, 0.15) is 6.04 Å². The van der Waals surface area contributed by atoms with E-state index in [1.807, 2.05) is 39.0 Å². The summed E-state index contributed by atoms with van der Waals surface area (Å²) in [5.74, 6) is -0.405. The Morgan fingerprint density at radius 3 is 2.88 bits per heavy atom. The van der Waals surface area contributed by atoms with Gasteiger partial charge in [-0.15, -0.1) is 11.8 Å². The number of nitrogens with one attached hydrogen (secondary N) is 1. The van der Waals surface area contributed by atoms with Crippen molar-refractivity contribution in [2.75, 3.05) is 17.7 Å². The Morgan fingerprint density at radius 2 is 2.16 bits per heavy atom. The number of carbonyl (C=O) groups excluding carboxylic acids is 3. The lowest BCUT2D eigenvalue weighted by molar-refractivity contribution is -0.155. The predicted molar refractivity (Wildman–Crippen MR) is 96.2 cm³/mol. The Hall–Kier alpha value is -2.02. The highest BCUT2D eigenvalue weighted by molar-refractivity contribution is 8.01. The fourth-order valence-corrected chi connectivity index (χ4v) is 4.78. The summed E-state index contributed by atoms with van der Waals surface area (Å²) < 4.78 is 5.17. The molecule has 1 aromatic carbocycles. The maximum Gasteiger partial charge on any atom is 0.330 e. The van der Waals surface area contributed by atoms with Gasteiger partial charge in [-0.05, 0) is 38.8 Å². The average molecular weight is 362 g/mol. The van der Waals surface area contributed by atoms with E-state index >= 15 is 0 Å². The van der Waals surface area contributed by atoms with Gasteiger partial charge in [0.05, 0.1) is 4.87 Å². The van der Waals surface area contributed by atoms with Crippen LogP contribution in [0.5, 0.6) is 0 Å². The first-order chi connectivity index (χ1) is 11.8. The molecule has 0 saturated carbocycles. The van der Waals surface area contributed by atoms with Gasteiger partial charge in [0, 0.05) is 17.9 Å². The molecule has 7 heteroatoms. The molecule has 1 N–H and O–H groups in total. The summed E-state index contributed by atoms with van der Waals surface area (Å²) in [4.78, 5) is 37.7. The molecule has 6 nitrogen and oxygen atoms in total. The third-order valence-corrected chi connectivity index (χ3v) is 6.22. The Balaban J connectivity index is 1.55. The van der Waals surface area contributed by atoms with Crippen LogP contribution < -0.4 is 5.32 Å². The summed E-state index contributed by atoms with van der Waals surface area (Å²) in [6, 6.07) is 5.10. The van der Waals surface area contributed by atoms with Crippen LogP contribution in [0, 0.1) is 13.8 Å². The molecule has 1 aromatic rings. The van der Waals surface area contributed by atoms with Gasteiger partial charge >= 0.3 is 5.97 Å². The van der Waals surface area contributed by atoms with Crippen LogP contribution >= 0.6 is 11.8 Å². The van der Waals surface area contributed by atoms with E-state index in [0.717, 1.165) is 17.5 Å². The molecule has 25 heavy (non-hydrogen) atoms. The van der Waals surface area contributed by atoms with Crippen molar-refractivity contribution in [3.8, 4) is 0 Å². The minimum Gasteiger partial charge on any atom is -0.454 e. The van der Waals surface area contributed by atoms with Crippen molar-refractivity contribution in [1.29, 1.82) is 0 Å². The van der Waals surface area contributed by atoms with Crippen LogP contribution in [0.1, 0.15) is 30.9 Å². The number of rotatable bonds is 4. The predicted octanol–water partition coefficient (Wildman–Crippen LogP) is 2.24. The number of anilines is 1. The SMILES string of the molecule is Cc1ccc(NC(=O)COC(=O)[C@H]2CS[C@@]3(C)CCC(=O)N23)c(C)c1. The molecule has 2 aliphatic rings. The van der Waals surface area contributed by atoms with E-state index in [1.54, 1.807) is 16.7 Å². The molecule has 2 heterocycles. The molecule has 3 rings (SSSR count). The van der Waals surface area contributed by atoms with Crippen molar-refractivity contribution < 1.29 is 19.1 Å². The minimum atomic E-state index is -0.598. The zero-order chi connectivity index (χ0) is 18.2. The molecule has 0 bridgehead atoms. The van der Waals surface area contributed by atoms with Crippen LogP contribution in [-0.2, 0) is 19.1 Å². The van der Waals surface area contributed by atoms with Crippen molar-refractivity contribution in [2.24, 2.45) is 0 Å². The molecule has 2 aliphatic heterocycles. The normalized spacial score (nSPS) is 25.0. The summed E-state index contributed by atoms with van der Waals surface area (Å²) >= 11 is 1.60. The van der Waals surface area contributed by atoms with Crippen molar-refractivity contribution in [3.63, 3.8) is 0 Å². The highest BCUT2D eigenvalue weighted by Crippen LogP contribution is 2.47. The molecule has 0 spiro atoms. The fourth-order valence-electron chi connectivity index (χ4n) is 3.37. The van der Waals surface area contributed by atoms with E-state index in [4.69, 9.17) is 4.74 Å². The molecule has 134 valence electrons. The number of nitrogens with zero attached hydrogens (tertiary/aromatic N) is 1. The molecule has 2 amide bonds.